The molecule has 0 saturated carbocycles. The summed E-state index contributed by atoms with van der Waals surface area (Å²) in [4.78, 5) is 0. The predicted molar refractivity (Wildman–Crippen MR) is 332 cm³/mol. The van der Waals surface area contributed by atoms with E-state index in [0.717, 1.165) is 0 Å². The molecule has 0 radical (unpaired) electrons. The summed E-state index contributed by atoms with van der Waals surface area (Å²) in [5, 5.41) is 15.4. The predicted octanol–water partition coefficient (Wildman–Crippen LogP) is 22.1. The van der Waals surface area contributed by atoms with E-state index in [2.05, 4.69) is 277 Å². The summed E-state index contributed by atoms with van der Waals surface area (Å²) in [5.41, 5.74) is 20.8. The molecular weight excluding hydrogens is 913 g/mol. The molecule has 13 rings (SSSR count). The quantitative estimate of drug-likeness (QED) is 0.154. The Hall–Kier alpha value is -7.80. The fourth-order valence-electron chi connectivity index (χ4n) is 12.5. The third kappa shape index (κ3) is 7.78. The highest BCUT2D eigenvalue weighted by Gasteiger charge is 2.34. The van der Waals surface area contributed by atoms with Crippen molar-refractivity contribution in [3.8, 4) is 66.8 Å². The minimum atomic E-state index is -0.0483. The summed E-state index contributed by atoms with van der Waals surface area (Å²) >= 11 is 0. The van der Waals surface area contributed by atoms with E-state index in [1.54, 1.807) is 0 Å². The van der Waals surface area contributed by atoms with Crippen LogP contribution in [0.4, 0.5) is 0 Å². The van der Waals surface area contributed by atoms with Gasteiger partial charge in [0.2, 0.25) is 0 Å². The van der Waals surface area contributed by atoms with Gasteiger partial charge in [-0.1, -0.05) is 247 Å². The second kappa shape index (κ2) is 16.9. The molecule has 1 aliphatic rings. The molecule has 0 aliphatic heterocycles. The molecule has 0 N–H and O–H groups in total. The Morgan fingerprint density at radius 1 is 0.211 bits per heavy atom. The van der Waals surface area contributed by atoms with Crippen molar-refractivity contribution in [2.45, 2.75) is 105 Å². The third-order valence-corrected chi connectivity index (χ3v) is 16.9. The zero-order valence-corrected chi connectivity index (χ0v) is 46.5. The second-order valence-electron chi connectivity index (χ2n) is 26.2. The maximum absolute atomic E-state index is 2.58. The minimum absolute atomic E-state index is 0.0446. The number of hydrogen-bond donors (Lipinski definition) is 0. The lowest BCUT2D eigenvalue weighted by molar-refractivity contribution is 0.568. The Morgan fingerprint density at radius 3 is 1.12 bits per heavy atom. The minimum Gasteiger partial charge on any atom is -0.0616 e. The van der Waals surface area contributed by atoms with Crippen LogP contribution in [0, 0.1) is 0 Å². The van der Waals surface area contributed by atoms with E-state index in [4.69, 9.17) is 0 Å². The Bertz CT molecular complexity index is 4350. The van der Waals surface area contributed by atoms with Crippen molar-refractivity contribution in [1.82, 2.24) is 0 Å². The molecule has 0 unspecified atom stereocenters. The topological polar surface area (TPSA) is 0 Å². The van der Waals surface area contributed by atoms with Crippen LogP contribution in [0.2, 0.25) is 0 Å². The van der Waals surface area contributed by atoms with Crippen LogP contribution in [0.1, 0.15) is 105 Å². The Morgan fingerprint density at radius 2 is 0.592 bits per heavy atom. The summed E-state index contributed by atoms with van der Waals surface area (Å²) in [7, 11) is 0. The van der Waals surface area contributed by atoms with Gasteiger partial charge in [-0.15, -0.1) is 0 Å². The van der Waals surface area contributed by atoms with Crippen molar-refractivity contribution >= 4 is 64.6 Å². The fraction of sp³-hybridized carbons (Fsp3) is 0.211. The van der Waals surface area contributed by atoms with Crippen molar-refractivity contribution in [1.29, 1.82) is 0 Å². The second-order valence-corrected chi connectivity index (χ2v) is 26.2. The Labute approximate surface area is 450 Å². The summed E-state index contributed by atoms with van der Waals surface area (Å²) in [6.45, 7) is 28.4. The van der Waals surface area contributed by atoms with Gasteiger partial charge < -0.3 is 0 Å². The van der Waals surface area contributed by atoms with Gasteiger partial charge in [0, 0.05) is 0 Å². The van der Waals surface area contributed by atoms with Gasteiger partial charge in [-0.2, -0.15) is 0 Å². The zero-order chi connectivity index (χ0) is 52.8. The van der Waals surface area contributed by atoms with Crippen LogP contribution in [0.15, 0.2) is 194 Å². The maximum atomic E-state index is 2.58. The number of rotatable bonds is 4. The van der Waals surface area contributed by atoms with Gasteiger partial charge in [0.1, 0.15) is 0 Å². The van der Waals surface area contributed by atoms with Crippen LogP contribution in [-0.4, -0.2) is 0 Å². The zero-order valence-electron chi connectivity index (χ0n) is 46.5. The SMILES string of the molecule is CC(C)(C)c1cc(-c2c3c(c(-c4cc(C(C)(C)C)cc(C(C)(C)C)c4)c4ccccc24)-c2cc4c5ccccc5c(-c5ccc6cc(-c7ccc8ccccc8c7)ccc6c5)cc4c4cccc-3c24)cc(C(C)(C)C)c1. The number of hydrogen-bond acceptors (Lipinski definition) is 0. The highest BCUT2D eigenvalue weighted by Crippen LogP contribution is 2.60. The average molecular weight is 981 g/mol. The smallest absolute Gasteiger partial charge is 0.000719 e. The molecule has 0 aromatic heterocycles. The first-order chi connectivity index (χ1) is 36.2. The standard InChI is InChI=1S/C76H68/c1-73(2,3)54-37-52(38-55(41-54)74(4,5)6)68-60-24-17-18-25-61(60)69(53-39-56(75(7,8)9)42-57(40-53)76(10,11)12)72-67-44-65-59-23-16-15-22-58(59)64(43-66(65)62-26-19-27-63(70(62)67)71(68)72)51-33-32-49-35-48(30-31-50(49)36-51)47-29-28-45-20-13-14-21-46(45)34-47/h13-44H,1-12H3. The van der Waals surface area contributed by atoms with Crippen molar-refractivity contribution in [2.75, 3.05) is 0 Å². The molecule has 1 aliphatic carbocycles. The maximum Gasteiger partial charge on any atom is -0.000719 e. The molecule has 0 saturated heterocycles. The van der Waals surface area contributed by atoms with E-state index in [0.29, 0.717) is 0 Å². The van der Waals surface area contributed by atoms with Crippen LogP contribution < -0.4 is 0 Å². The molecule has 0 bridgehead atoms. The van der Waals surface area contributed by atoms with Crippen LogP contribution in [0.3, 0.4) is 0 Å². The van der Waals surface area contributed by atoms with Gasteiger partial charge in [-0.25, -0.2) is 0 Å². The van der Waals surface area contributed by atoms with Crippen LogP contribution in [0.25, 0.3) is 131 Å². The molecule has 0 heterocycles. The van der Waals surface area contributed by atoms with Gasteiger partial charge in [-0.3, -0.25) is 0 Å². The van der Waals surface area contributed by atoms with E-state index in [9.17, 15) is 0 Å². The van der Waals surface area contributed by atoms with Crippen LogP contribution in [-0.2, 0) is 21.7 Å². The molecule has 76 heavy (non-hydrogen) atoms. The van der Waals surface area contributed by atoms with Crippen molar-refractivity contribution in [3.05, 3.63) is 216 Å². The monoisotopic (exact) mass is 981 g/mol. The van der Waals surface area contributed by atoms with Crippen LogP contribution >= 0.6 is 0 Å². The van der Waals surface area contributed by atoms with E-state index in [-0.39, 0.29) is 21.7 Å². The molecule has 0 nitrogen and oxygen atoms in total. The summed E-state index contributed by atoms with van der Waals surface area (Å²) in [5.74, 6) is 0. The van der Waals surface area contributed by atoms with E-state index >= 15 is 0 Å². The molecule has 0 fully saturated rings. The van der Waals surface area contributed by atoms with Crippen molar-refractivity contribution < 1.29 is 0 Å². The lowest BCUT2D eigenvalue weighted by Crippen LogP contribution is -2.17. The van der Waals surface area contributed by atoms with E-state index < -0.39 is 0 Å². The van der Waals surface area contributed by atoms with Crippen molar-refractivity contribution in [3.63, 3.8) is 0 Å². The summed E-state index contributed by atoms with van der Waals surface area (Å²) < 4.78 is 0. The Balaban J connectivity index is 1.11. The molecule has 12 aromatic carbocycles. The molecule has 0 amide bonds. The number of fused-ring (bicyclic) bond motifs is 10. The fourth-order valence-corrected chi connectivity index (χ4v) is 12.5. The highest BCUT2D eigenvalue weighted by molar-refractivity contribution is 6.33. The van der Waals surface area contributed by atoms with E-state index in [1.807, 2.05) is 0 Å². The third-order valence-electron chi connectivity index (χ3n) is 16.9. The normalized spacial score (nSPS) is 13.0. The van der Waals surface area contributed by atoms with Gasteiger partial charge in [-0.05, 0) is 206 Å². The Kier molecular flexibility index (Phi) is 10.6. The lowest BCUT2D eigenvalue weighted by atomic mass is 9.75. The first-order valence-corrected chi connectivity index (χ1v) is 27.6. The first kappa shape index (κ1) is 47.9. The molecule has 0 atom stereocenters. The van der Waals surface area contributed by atoms with Gasteiger partial charge >= 0.3 is 0 Å². The number of benzene rings is 12. The molecule has 0 spiro atoms. The molecular formula is C76H68. The lowest BCUT2D eigenvalue weighted by Gasteiger charge is -2.29. The van der Waals surface area contributed by atoms with Crippen molar-refractivity contribution in [2.24, 2.45) is 0 Å². The largest absolute Gasteiger partial charge is 0.0616 e. The van der Waals surface area contributed by atoms with Gasteiger partial charge in [0.15, 0.2) is 0 Å². The van der Waals surface area contributed by atoms with Crippen LogP contribution in [0.5, 0.6) is 0 Å². The average Bonchev–Trinajstić information content (AvgIpc) is 3.79. The molecule has 0 heteroatoms. The molecule has 372 valence electrons. The summed E-state index contributed by atoms with van der Waals surface area (Å²) in [6.07, 6.45) is 0. The van der Waals surface area contributed by atoms with Gasteiger partial charge in [0.05, 0.1) is 0 Å². The highest BCUT2D eigenvalue weighted by atomic mass is 14.4. The first-order valence-electron chi connectivity index (χ1n) is 27.6. The summed E-state index contributed by atoms with van der Waals surface area (Å²) in [6, 6.07) is 75.2. The molecule has 12 aromatic rings. The van der Waals surface area contributed by atoms with Gasteiger partial charge in [0.25, 0.3) is 0 Å². The van der Waals surface area contributed by atoms with E-state index in [1.165, 1.54) is 154 Å².